The molecule has 7 nitrogen and oxygen atoms in total. The van der Waals surface area contributed by atoms with Crippen LogP contribution < -0.4 is 10.9 Å². The van der Waals surface area contributed by atoms with E-state index in [9.17, 15) is 22.8 Å². The Balaban J connectivity index is 1.73. The van der Waals surface area contributed by atoms with Crippen molar-refractivity contribution in [3.63, 3.8) is 0 Å². The highest BCUT2D eigenvalue weighted by Crippen LogP contribution is 2.31. The van der Waals surface area contributed by atoms with Gasteiger partial charge >= 0.3 is 6.18 Å². The summed E-state index contributed by atoms with van der Waals surface area (Å²) >= 11 is 0. The molecular formula is C16H11F3N4O3. The van der Waals surface area contributed by atoms with Gasteiger partial charge in [-0.1, -0.05) is 17.3 Å². The van der Waals surface area contributed by atoms with Gasteiger partial charge in [0, 0.05) is 17.8 Å². The Bertz CT molecular complexity index is 994. The van der Waals surface area contributed by atoms with Gasteiger partial charge in [0.2, 0.25) is 17.3 Å². The Morgan fingerprint density at radius 3 is 2.73 bits per heavy atom. The van der Waals surface area contributed by atoms with Crippen LogP contribution in [0.15, 0.2) is 51.9 Å². The zero-order valence-electron chi connectivity index (χ0n) is 13.0. The molecule has 0 atom stereocenters. The van der Waals surface area contributed by atoms with Crippen LogP contribution in [0.5, 0.6) is 0 Å². The van der Waals surface area contributed by atoms with E-state index in [1.807, 2.05) is 0 Å². The smallest absolute Gasteiger partial charge is 0.343 e. The second-order valence-corrected chi connectivity index (χ2v) is 5.18. The maximum Gasteiger partial charge on any atom is 0.417 e. The number of aromatic amines is 1. The monoisotopic (exact) mass is 364 g/mol. The van der Waals surface area contributed by atoms with E-state index in [0.717, 1.165) is 12.1 Å². The standard InChI is InChI=1S/C16H11F3N4O3/c17-16(18,19)11-4-2-1-3-10(11)15(25)21-8-13-22-14(23-26-13)9-5-6-20-12(24)7-9/h1-7H,8H2,(H,20,24)(H,21,25). The topological polar surface area (TPSA) is 101 Å². The normalized spacial score (nSPS) is 11.3. The van der Waals surface area contributed by atoms with E-state index in [4.69, 9.17) is 4.52 Å². The van der Waals surface area contributed by atoms with Gasteiger partial charge in [0.1, 0.15) is 0 Å². The van der Waals surface area contributed by atoms with Crippen molar-refractivity contribution in [2.45, 2.75) is 12.7 Å². The van der Waals surface area contributed by atoms with Gasteiger partial charge in [-0.25, -0.2) is 0 Å². The van der Waals surface area contributed by atoms with E-state index in [2.05, 4.69) is 20.4 Å². The van der Waals surface area contributed by atoms with E-state index >= 15 is 0 Å². The summed E-state index contributed by atoms with van der Waals surface area (Å²) in [6, 6.07) is 7.24. The van der Waals surface area contributed by atoms with Crippen LogP contribution in [0.1, 0.15) is 21.8 Å². The van der Waals surface area contributed by atoms with Crippen molar-refractivity contribution in [2.24, 2.45) is 0 Å². The lowest BCUT2D eigenvalue weighted by Crippen LogP contribution is -2.26. The number of carbonyl (C=O) groups excluding carboxylic acids is 1. The Labute approximate surface area is 143 Å². The first-order valence-electron chi connectivity index (χ1n) is 7.31. The van der Waals surface area contributed by atoms with Crippen LogP contribution in [-0.4, -0.2) is 21.0 Å². The number of H-pyrrole nitrogens is 1. The van der Waals surface area contributed by atoms with Gasteiger partial charge in [-0.05, 0) is 18.2 Å². The number of aromatic nitrogens is 3. The molecule has 0 saturated carbocycles. The van der Waals surface area contributed by atoms with Crippen LogP contribution in [0.3, 0.4) is 0 Å². The van der Waals surface area contributed by atoms with Gasteiger partial charge in [-0.2, -0.15) is 18.2 Å². The van der Waals surface area contributed by atoms with Gasteiger partial charge in [0.05, 0.1) is 17.7 Å². The zero-order valence-corrected chi connectivity index (χ0v) is 13.0. The van der Waals surface area contributed by atoms with Crippen molar-refractivity contribution in [2.75, 3.05) is 0 Å². The molecule has 0 bridgehead atoms. The van der Waals surface area contributed by atoms with Crippen molar-refractivity contribution in [1.29, 1.82) is 0 Å². The van der Waals surface area contributed by atoms with Crippen molar-refractivity contribution < 1.29 is 22.5 Å². The molecule has 26 heavy (non-hydrogen) atoms. The summed E-state index contributed by atoms with van der Waals surface area (Å²) in [4.78, 5) is 29.7. The number of nitrogens with one attached hydrogen (secondary N) is 2. The average Bonchev–Trinajstić information content (AvgIpc) is 3.08. The minimum absolute atomic E-state index is 0.0156. The number of carbonyl (C=O) groups is 1. The zero-order chi connectivity index (χ0) is 18.7. The quantitative estimate of drug-likeness (QED) is 0.740. The summed E-state index contributed by atoms with van der Waals surface area (Å²) in [5.41, 5.74) is -1.50. The summed E-state index contributed by atoms with van der Waals surface area (Å²) in [5.74, 6) is -0.817. The van der Waals surface area contributed by atoms with Crippen LogP contribution in [-0.2, 0) is 12.7 Å². The third kappa shape index (κ3) is 3.79. The lowest BCUT2D eigenvalue weighted by molar-refractivity contribution is -0.137. The van der Waals surface area contributed by atoms with Crippen molar-refractivity contribution in [3.8, 4) is 11.4 Å². The number of amides is 1. The molecule has 0 aliphatic carbocycles. The van der Waals surface area contributed by atoms with Crippen LogP contribution in [0.25, 0.3) is 11.4 Å². The number of rotatable bonds is 4. The Hall–Kier alpha value is -3.43. The molecule has 2 heterocycles. The van der Waals surface area contributed by atoms with E-state index < -0.39 is 23.2 Å². The fourth-order valence-corrected chi connectivity index (χ4v) is 2.21. The lowest BCUT2D eigenvalue weighted by atomic mass is 10.1. The summed E-state index contributed by atoms with van der Waals surface area (Å²) in [5, 5.41) is 5.97. The number of alkyl halides is 3. The molecule has 0 fully saturated rings. The average molecular weight is 364 g/mol. The number of nitrogens with zero attached hydrogens (tertiary/aromatic N) is 2. The van der Waals surface area contributed by atoms with Crippen molar-refractivity contribution >= 4 is 5.91 Å². The second-order valence-electron chi connectivity index (χ2n) is 5.18. The number of pyridine rings is 1. The highest BCUT2D eigenvalue weighted by atomic mass is 19.4. The summed E-state index contributed by atoms with van der Waals surface area (Å²) in [6.45, 7) is -0.263. The predicted octanol–water partition coefficient (Wildman–Crippen LogP) is 2.37. The maximum absolute atomic E-state index is 12.9. The number of benzene rings is 1. The minimum atomic E-state index is -4.65. The maximum atomic E-state index is 12.9. The van der Waals surface area contributed by atoms with Gasteiger partial charge in [0.25, 0.3) is 5.91 Å². The Morgan fingerprint density at radius 2 is 2.00 bits per heavy atom. The van der Waals surface area contributed by atoms with Gasteiger partial charge < -0.3 is 14.8 Å². The molecule has 1 amide bonds. The third-order valence-corrected chi connectivity index (χ3v) is 3.38. The van der Waals surface area contributed by atoms with Gasteiger partial charge in [-0.3, -0.25) is 9.59 Å². The second kappa shape index (κ2) is 6.82. The number of halogens is 3. The molecule has 0 saturated heterocycles. The predicted molar refractivity (Wildman–Crippen MR) is 83.0 cm³/mol. The van der Waals surface area contributed by atoms with Crippen molar-refractivity contribution in [1.82, 2.24) is 20.4 Å². The lowest BCUT2D eigenvalue weighted by Gasteiger charge is -2.11. The van der Waals surface area contributed by atoms with E-state index in [1.165, 1.54) is 24.4 Å². The Morgan fingerprint density at radius 1 is 1.23 bits per heavy atom. The van der Waals surface area contributed by atoms with Gasteiger partial charge in [-0.15, -0.1) is 0 Å². The molecule has 3 rings (SSSR count). The van der Waals surface area contributed by atoms with Crippen LogP contribution in [0.2, 0.25) is 0 Å². The largest absolute Gasteiger partial charge is 0.417 e. The minimum Gasteiger partial charge on any atom is -0.343 e. The highest BCUT2D eigenvalue weighted by Gasteiger charge is 2.34. The molecule has 2 aromatic heterocycles. The summed E-state index contributed by atoms with van der Waals surface area (Å²) in [6.07, 6.45) is -3.24. The molecule has 3 aromatic rings. The Kier molecular flexibility index (Phi) is 4.57. The molecule has 0 spiro atoms. The number of hydrogen-bond donors (Lipinski definition) is 2. The third-order valence-electron chi connectivity index (χ3n) is 3.38. The van der Waals surface area contributed by atoms with E-state index in [1.54, 1.807) is 6.07 Å². The van der Waals surface area contributed by atoms with Crippen molar-refractivity contribution in [3.05, 3.63) is 70.0 Å². The molecule has 10 heteroatoms. The molecule has 0 aliphatic rings. The van der Waals surface area contributed by atoms with Crippen LogP contribution >= 0.6 is 0 Å². The molecule has 0 aliphatic heterocycles. The SMILES string of the molecule is O=C(NCc1nc(-c2cc[nH]c(=O)c2)no1)c1ccccc1C(F)(F)F. The highest BCUT2D eigenvalue weighted by molar-refractivity contribution is 5.95. The summed E-state index contributed by atoms with van der Waals surface area (Å²) in [7, 11) is 0. The van der Waals surface area contributed by atoms with Crippen LogP contribution in [0.4, 0.5) is 13.2 Å². The van der Waals surface area contributed by atoms with E-state index in [0.29, 0.717) is 5.56 Å². The molecular weight excluding hydrogens is 353 g/mol. The molecule has 1 aromatic carbocycles. The first kappa shape index (κ1) is 17.4. The fourth-order valence-electron chi connectivity index (χ4n) is 2.21. The molecule has 2 N–H and O–H groups in total. The molecule has 134 valence electrons. The van der Waals surface area contributed by atoms with E-state index in [-0.39, 0.29) is 23.8 Å². The first-order chi connectivity index (χ1) is 12.3. The summed E-state index contributed by atoms with van der Waals surface area (Å²) < 4.78 is 43.8. The van der Waals surface area contributed by atoms with Crippen LogP contribution in [0, 0.1) is 0 Å². The molecule has 0 unspecified atom stereocenters. The van der Waals surface area contributed by atoms with Gasteiger partial charge in [0.15, 0.2) is 0 Å². The first-order valence-corrected chi connectivity index (χ1v) is 7.31. The molecule has 0 radical (unpaired) electrons. The number of hydrogen-bond acceptors (Lipinski definition) is 5. The fraction of sp³-hybridized carbons (Fsp3) is 0.125.